The summed E-state index contributed by atoms with van der Waals surface area (Å²) >= 11 is 0.630. The third-order valence-corrected chi connectivity index (χ3v) is 2.37. The Morgan fingerprint density at radius 1 is 1.86 bits per heavy atom. The zero-order valence-corrected chi connectivity index (χ0v) is 10.0. The summed E-state index contributed by atoms with van der Waals surface area (Å²) in [4.78, 5) is 10.3. The molecule has 0 aromatic heterocycles. The molecule has 0 spiro atoms. The van der Waals surface area contributed by atoms with Crippen LogP contribution in [0.15, 0.2) is 0 Å². The minimum absolute atomic E-state index is 0.214. The van der Waals surface area contributed by atoms with E-state index in [1.165, 1.54) is 0 Å². The van der Waals surface area contributed by atoms with Crippen LogP contribution in [0.2, 0.25) is 3.93 Å². The Labute approximate surface area is 59.6 Å². The fourth-order valence-electron chi connectivity index (χ4n) is 0.286. The van der Waals surface area contributed by atoms with Crippen molar-refractivity contribution in [2.75, 3.05) is 6.54 Å². The Bertz CT molecular complexity index is 64.7. The monoisotopic (exact) mass is 288 g/mol. The summed E-state index contributed by atoms with van der Waals surface area (Å²) < 4.78 is 0.786. The first-order valence-corrected chi connectivity index (χ1v) is 6.26. The Kier molecular flexibility index (Phi) is 4.83. The summed E-state index contributed by atoms with van der Waals surface area (Å²) in [6.45, 7) is 2.71. The standard InChI is InChI=1S/C4H8NO.Hg/c1-3-5-4(2)6;/h2-3H2,1H3,(H,5,6);. The molecule has 0 bridgehead atoms. The van der Waals surface area contributed by atoms with E-state index in [4.69, 9.17) is 0 Å². The van der Waals surface area contributed by atoms with Gasteiger partial charge in [0.15, 0.2) is 0 Å². The summed E-state index contributed by atoms with van der Waals surface area (Å²) in [6, 6.07) is 0. The Hall–Kier alpha value is 0.405. The molecule has 0 aliphatic rings. The van der Waals surface area contributed by atoms with Crippen LogP contribution >= 0.6 is 0 Å². The van der Waals surface area contributed by atoms with Gasteiger partial charge in [0.25, 0.3) is 0 Å². The van der Waals surface area contributed by atoms with E-state index in [-0.39, 0.29) is 5.91 Å². The number of nitrogens with one attached hydrogen (secondary N) is 1. The second-order valence-electron chi connectivity index (χ2n) is 1.20. The van der Waals surface area contributed by atoms with Gasteiger partial charge in [0.05, 0.1) is 0 Å². The predicted molar refractivity (Wildman–Crippen MR) is 23.5 cm³/mol. The summed E-state index contributed by atoms with van der Waals surface area (Å²) in [6.07, 6.45) is 0. The van der Waals surface area contributed by atoms with Crippen molar-refractivity contribution in [3.63, 3.8) is 0 Å². The van der Waals surface area contributed by atoms with Gasteiger partial charge in [-0.25, -0.2) is 0 Å². The zero-order valence-electron chi connectivity index (χ0n) is 4.53. The van der Waals surface area contributed by atoms with E-state index in [1.54, 1.807) is 0 Å². The molecule has 0 saturated heterocycles. The van der Waals surface area contributed by atoms with Gasteiger partial charge in [0.2, 0.25) is 0 Å². The van der Waals surface area contributed by atoms with E-state index in [1.807, 2.05) is 6.92 Å². The van der Waals surface area contributed by atoms with Crippen LogP contribution in [0.1, 0.15) is 6.92 Å². The minimum atomic E-state index is 0.214. The first kappa shape index (κ1) is 7.41. The van der Waals surface area contributed by atoms with Crippen LogP contribution in [0.4, 0.5) is 0 Å². The topological polar surface area (TPSA) is 29.1 Å². The van der Waals surface area contributed by atoms with E-state index in [2.05, 4.69) is 5.32 Å². The number of rotatable bonds is 2. The van der Waals surface area contributed by atoms with Crippen LogP contribution in [-0.4, -0.2) is 12.5 Å². The van der Waals surface area contributed by atoms with Crippen LogP contribution < -0.4 is 5.32 Å². The van der Waals surface area contributed by atoms with Crippen molar-refractivity contribution in [3.05, 3.63) is 0 Å². The van der Waals surface area contributed by atoms with Crippen molar-refractivity contribution in [2.24, 2.45) is 0 Å². The fraction of sp³-hybridized carbons (Fsp3) is 0.750. The molecule has 0 aromatic carbocycles. The molecule has 0 aliphatic carbocycles. The van der Waals surface area contributed by atoms with E-state index >= 15 is 0 Å². The SMILES string of the molecule is CCNC(=O)[CH2][Hg]. The fourth-order valence-corrected chi connectivity index (χ4v) is 0.973. The molecule has 7 heavy (non-hydrogen) atoms. The van der Waals surface area contributed by atoms with Gasteiger partial charge >= 0.3 is 59.5 Å². The van der Waals surface area contributed by atoms with E-state index < -0.39 is 0 Å². The maximum absolute atomic E-state index is 10.3. The second-order valence-corrected chi connectivity index (χ2v) is 3.15. The molecule has 0 saturated carbocycles. The molecule has 0 unspecified atom stereocenters. The molecule has 1 N–H and O–H groups in total. The normalized spacial score (nSPS) is 8.43. The first-order chi connectivity index (χ1) is 3.31. The molecule has 2 nitrogen and oxygen atoms in total. The number of amides is 1. The summed E-state index contributed by atoms with van der Waals surface area (Å²) in [5.41, 5.74) is 0. The molecule has 0 rings (SSSR count). The van der Waals surface area contributed by atoms with Gasteiger partial charge in [-0.2, -0.15) is 0 Å². The van der Waals surface area contributed by atoms with Crippen LogP contribution in [0.3, 0.4) is 0 Å². The van der Waals surface area contributed by atoms with Gasteiger partial charge in [-0.3, -0.25) is 0 Å². The molecule has 0 aromatic rings. The van der Waals surface area contributed by atoms with Crippen LogP contribution in [-0.2, 0) is 30.9 Å². The van der Waals surface area contributed by atoms with Crippen molar-refractivity contribution < 1.29 is 30.9 Å². The quantitative estimate of drug-likeness (QED) is 0.716. The van der Waals surface area contributed by atoms with Crippen molar-refractivity contribution >= 4 is 5.91 Å². The van der Waals surface area contributed by atoms with E-state index in [0.717, 1.165) is 10.5 Å². The van der Waals surface area contributed by atoms with Gasteiger partial charge in [-0.15, -0.1) is 0 Å². The Balaban J connectivity index is 3.00. The van der Waals surface area contributed by atoms with Crippen molar-refractivity contribution in [1.82, 2.24) is 5.32 Å². The van der Waals surface area contributed by atoms with Gasteiger partial charge in [-0.1, -0.05) is 0 Å². The second kappa shape index (κ2) is 4.56. The molecule has 3 heteroatoms. The third-order valence-electron chi connectivity index (χ3n) is 0.601. The summed E-state index contributed by atoms with van der Waals surface area (Å²) in [5, 5.41) is 2.70. The number of carbonyl (C=O) groups is 1. The molecule has 0 atom stereocenters. The predicted octanol–water partition coefficient (Wildman–Crippen LogP) is 0.0876. The average Bonchev–Trinajstić information content (AvgIpc) is 1.68. The van der Waals surface area contributed by atoms with Crippen molar-refractivity contribution in [3.8, 4) is 0 Å². The molecule has 0 fully saturated rings. The van der Waals surface area contributed by atoms with E-state index in [9.17, 15) is 4.79 Å². The van der Waals surface area contributed by atoms with Crippen LogP contribution in [0.25, 0.3) is 0 Å². The van der Waals surface area contributed by atoms with Crippen LogP contribution in [0, 0.1) is 0 Å². The van der Waals surface area contributed by atoms with Gasteiger partial charge in [0.1, 0.15) is 0 Å². The maximum atomic E-state index is 10.3. The molecular formula is C4H8HgNO. The Morgan fingerprint density at radius 3 is 2.57 bits per heavy atom. The van der Waals surface area contributed by atoms with Crippen molar-refractivity contribution in [1.29, 1.82) is 0 Å². The first-order valence-electron chi connectivity index (χ1n) is 2.37. The Morgan fingerprint density at radius 2 is 2.43 bits per heavy atom. The average molecular weight is 287 g/mol. The van der Waals surface area contributed by atoms with E-state index in [0.29, 0.717) is 26.1 Å². The molecule has 0 radical (unpaired) electrons. The zero-order chi connectivity index (χ0) is 5.70. The van der Waals surface area contributed by atoms with Crippen LogP contribution in [0.5, 0.6) is 0 Å². The molecule has 0 aliphatic heterocycles. The van der Waals surface area contributed by atoms with Gasteiger partial charge in [0, 0.05) is 0 Å². The molecule has 0 heterocycles. The third kappa shape index (κ3) is 4.25. The molecule has 1 amide bonds. The van der Waals surface area contributed by atoms with Gasteiger partial charge in [-0.05, 0) is 0 Å². The number of hydrogen-bond donors (Lipinski definition) is 1. The molecular weight excluding hydrogens is 279 g/mol. The van der Waals surface area contributed by atoms with Crippen molar-refractivity contribution in [2.45, 2.75) is 10.9 Å². The van der Waals surface area contributed by atoms with Gasteiger partial charge < -0.3 is 0 Å². The number of carbonyl (C=O) groups excluding carboxylic acids is 1. The molecule has 37 valence electrons. The summed E-state index contributed by atoms with van der Waals surface area (Å²) in [5.74, 6) is 0.214. The summed E-state index contributed by atoms with van der Waals surface area (Å²) in [7, 11) is 0. The number of hydrogen-bond acceptors (Lipinski definition) is 1.